The second kappa shape index (κ2) is 7.08. The van der Waals surface area contributed by atoms with Crippen LogP contribution in [0.3, 0.4) is 0 Å². The number of rotatable bonds is 4. The minimum Gasteiger partial charge on any atom is -0.378 e. The fraction of sp³-hybridized carbons (Fsp3) is 1.00. The van der Waals surface area contributed by atoms with E-state index in [2.05, 4.69) is 20.8 Å². The topological polar surface area (TPSA) is 35.2 Å². The van der Waals surface area contributed by atoms with E-state index in [0.29, 0.717) is 18.1 Å². The van der Waals surface area contributed by atoms with E-state index in [4.69, 9.17) is 10.5 Å². The van der Waals surface area contributed by atoms with Crippen LogP contribution < -0.4 is 5.73 Å². The van der Waals surface area contributed by atoms with Crippen molar-refractivity contribution in [2.75, 3.05) is 6.61 Å². The minimum atomic E-state index is 0.356. The fourth-order valence-electron chi connectivity index (χ4n) is 4.22. The Morgan fingerprint density at radius 1 is 1.00 bits per heavy atom. The van der Waals surface area contributed by atoms with Gasteiger partial charge >= 0.3 is 0 Å². The maximum absolute atomic E-state index is 6.57. The quantitative estimate of drug-likeness (QED) is 0.836. The zero-order valence-electron chi connectivity index (χ0n) is 13.1. The van der Waals surface area contributed by atoms with Crippen molar-refractivity contribution in [2.45, 2.75) is 77.9 Å². The van der Waals surface area contributed by atoms with Gasteiger partial charge in [-0.25, -0.2) is 0 Å². The Morgan fingerprint density at radius 2 is 1.68 bits per heavy atom. The summed E-state index contributed by atoms with van der Waals surface area (Å²) in [5.41, 5.74) is 6.57. The molecule has 0 aliphatic heterocycles. The molecular formula is C17H33NO. The molecule has 112 valence electrons. The first-order valence-corrected chi connectivity index (χ1v) is 8.50. The third-order valence-electron chi connectivity index (χ3n) is 5.67. The van der Waals surface area contributed by atoms with E-state index in [9.17, 15) is 0 Å². The van der Waals surface area contributed by atoms with Crippen LogP contribution >= 0.6 is 0 Å². The molecule has 2 rings (SSSR count). The van der Waals surface area contributed by atoms with Gasteiger partial charge in [0.1, 0.15) is 0 Å². The summed E-state index contributed by atoms with van der Waals surface area (Å²) in [5, 5.41) is 0. The molecule has 2 fully saturated rings. The molecule has 4 atom stereocenters. The van der Waals surface area contributed by atoms with Gasteiger partial charge in [-0.2, -0.15) is 0 Å². The van der Waals surface area contributed by atoms with Crippen LogP contribution in [0.4, 0.5) is 0 Å². The lowest BCUT2D eigenvalue weighted by Gasteiger charge is -2.44. The third kappa shape index (κ3) is 3.72. The van der Waals surface area contributed by atoms with Gasteiger partial charge in [0.15, 0.2) is 0 Å². The van der Waals surface area contributed by atoms with E-state index >= 15 is 0 Å². The summed E-state index contributed by atoms with van der Waals surface area (Å²) in [6, 6.07) is 0.356. The molecule has 2 aliphatic carbocycles. The smallest absolute Gasteiger partial charge is 0.0615 e. The number of nitrogens with two attached hydrogens (primary N) is 1. The predicted molar refractivity (Wildman–Crippen MR) is 81.0 cm³/mol. The summed E-state index contributed by atoms with van der Waals surface area (Å²) in [7, 11) is 0. The zero-order valence-corrected chi connectivity index (χ0v) is 13.1. The van der Waals surface area contributed by atoms with Gasteiger partial charge in [0.2, 0.25) is 0 Å². The summed E-state index contributed by atoms with van der Waals surface area (Å²) in [6.45, 7) is 7.78. The highest BCUT2D eigenvalue weighted by Crippen LogP contribution is 2.41. The van der Waals surface area contributed by atoms with Gasteiger partial charge in [-0.05, 0) is 55.8 Å². The molecule has 4 unspecified atom stereocenters. The van der Waals surface area contributed by atoms with Crippen LogP contribution in [0.15, 0.2) is 0 Å². The van der Waals surface area contributed by atoms with Crippen molar-refractivity contribution >= 4 is 0 Å². The van der Waals surface area contributed by atoms with Gasteiger partial charge in [-0.15, -0.1) is 0 Å². The maximum atomic E-state index is 6.57. The van der Waals surface area contributed by atoms with Crippen molar-refractivity contribution < 1.29 is 4.74 Å². The van der Waals surface area contributed by atoms with Crippen LogP contribution in [0.5, 0.6) is 0 Å². The molecule has 0 bridgehead atoms. The molecule has 0 spiro atoms. The average Bonchev–Trinajstić information content (AvgIpc) is 2.42. The molecule has 2 nitrogen and oxygen atoms in total. The van der Waals surface area contributed by atoms with Crippen LogP contribution in [-0.4, -0.2) is 18.8 Å². The summed E-state index contributed by atoms with van der Waals surface area (Å²) >= 11 is 0. The first-order valence-electron chi connectivity index (χ1n) is 8.50. The van der Waals surface area contributed by atoms with E-state index < -0.39 is 0 Å². The fourth-order valence-corrected chi connectivity index (χ4v) is 4.22. The summed E-state index contributed by atoms with van der Waals surface area (Å²) in [4.78, 5) is 0. The molecule has 0 saturated heterocycles. The van der Waals surface area contributed by atoms with E-state index in [0.717, 1.165) is 30.8 Å². The molecule has 2 N–H and O–H groups in total. The number of hydrogen-bond donors (Lipinski definition) is 1. The molecule has 2 heteroatoms. The van der Waals surface area contributed by atoms with Crippen molar-refractivity contribution in [3.8, 4) is 0 Å². The predicted octanol–water partition coefficient (Wildman–Crippen LogP) is 3.98. The summed E-state index contributed by atoms with van der Waals surface area (Å²) in [6.07, 6.45) is 9.69. The molecule has 0 aromatic rings. The van der Waals surface area contributed by atoms with Crippen LogP contribution in [0.1, 0.15) is 65.7 Å². The molecule has 2 saturated carbocycles. The van der Waals surface area contributed by atoms with Crippen LogP contribution in [0.2, 0.25) is 0 Å². The summed E-state index contributed by atoms with van der Waals surface area (Å²) < 4.78 is 5.99. The Kier molecular flexibility index (Phi) is 5.70. The Hall–Kier alpha value is -0.0800. The lowest BCUT2D eigenvalue weighted by molar-refractivity contribution is -0.0375. The Morgan fingerprint density at radius 3 is 2.32 bits per heavy atom. The van der Waals surface area contributed by atoms with Crippen LogP contribution in [0, 0.1) is 23.7 Å². The molecule has 0 amide bonds. The molecule has 0 heterocycles. The van der Waals surface area contributed by atoms with E-state index in [1.165, 1.54) is 38.5 Å². The largest absolute Gasteiger partial charge is 0.378 e. The lowest BCUT2D eigenvalue weighted by atomic mass is 9.66. The van der Waals surface area contributed by atoms with E-state index in [1.54, 1.807) is 0 Å². The third-order valence-corrected chi connectivity index (χ3v) is 5.67. The molecule has 19 heavy (non-hydrogen) atoms. The second-order valence-electron chi connectivity index (χ2n) is 7.11. The van der Waals surface area contributed by atoms with Crippen molar-refractivity contribution in [3.63, 3.8) is 0 Å². The first kappa shape index (κ1) is 15.3. The van der Waals surface area contributed by atoms with Gasteiger partial charge in [-0.1, -0.05) is 33.6 Å². The maximum Gasteiger partial charge on any atom is 0.0615 e. The number of hydrogen-bond acceptors (Lipinski definition) is 2. The Balaban J connectivity index is 1.87. The van der Waals surface area contributed by atoms with Gasteiger partial charge in [0.25, 0.3) is 0 Å². The van der Waals surface area contributed by atoms with E-state index in [-0.39, 0.29) is 0 Å². The second-order valence-corrected chi connectivity index (χ2v) is 7.11. The molecular weight excluding hydrogens is 234 g/mol. The van der Waals surface area contributed by atoms with Gasteiger partial charge in [0.05, 0.1) is 6.10 Å². The highest BCUT2D eigenvalue weighted by Gasteiger charge is 2.39. The monoisotopic (exact) mass is 267 g/mol. The van der Waals surface area contributed by atoms with Crippen LogP contribution in [-0.2, 0) is 4.74 Å². The first-order chi connectivity index (χ1) is 9.13. The normalized spacial score (nSPS) is 44.2. The SMILES string of the molecule is CCCOC1CCC(C2CCC(C)CC2)C(N)C1C. The average molecular weight is 267 g/mol. The highest BCUT2D eigenvalue weighted by atomic mass is 16.5. The zero-order chi connectivity index (χ0) is 13.8. The lowest BCUT2D eigenvalue weighted by Crippen LogP contribution is -2.49. The molecule has 0 aromatic heterocycles. The van der Waals surface area contributed by atoms with Gasteiger partial charge < -0.3 is 10.5 Å². The molecule has 0 aromatic carbocycles. The molecule has 2 aliphatic rings. The Bertz CT molecular complexity index is 260. The highest BCUT2D eigenvalue weighted by molar-refractivity contribution is 4.92. The van der Waals surface area contributed by atoms with Crippen molar-refractivity contribution in [3.05, 3.63) is 0 Å². The minimum absolute atomic E-state index is 0.356. The van der Waals surface area contributed by atoms with Gasteiger partial charge in [-0.3, -0.25) is 0 Å². The molecule has 0 radical (unpaired) electrons. The standard InChI is InChI=1S/C17H33NO/c1-4-11-19-16-10-9-15(17(18)13(16)3)14-7-5-12(2)6-8-14/h12-17H,4-11,18H2,1-3H3. The summed E-state index contributed by atoms with van der Waals surface area (Å²) in [5.74, 6) is 3.11. The van der Waals surface area contributed by atoms with E-state index in [1.807, 2.05) is 0 Å². The van der Waals surface area contributed by atoms with Crippen molar-refractivity contribution in [1.82, 2.24) is 0 Å². The Labute approximate surface area is 119 Å². The van der Waals surface area contributed by atoms with Gasteiger partial charge in [0, 0.05) is 12.6 Å². The number of ether oxygens (including phenoxy) is 1. The van der Waals surface area contributed by atoms with Crippen molar-refractivity contribution in [1.29, 1.82) is 0 Å². The van der Waals surface area contributed by atoms with Crippen molar-refractivity contribution in [2.24, 2.45) is 29.4 Å². The van der Waals surface area contributed by atoms with Crippen LogP contribution in [0.25, 0.3) is 0 Å².